The van der Waals surface area contributed by atoms with E-state index in [-0.39, 0.29) is 17.6 Å². The summed E-state index contributed by atoms with van der Waals surface area (Å²) in [5.41, 5.74) is 3.00. The van der Waals surface area contributed by atoms with Gasteiger partial charge in [0.05, 0.1) is 11.4 Å². The molecule has 0 radical (unpaired) electrons. The van der Waals surface area contributed by atoms with Crippen LogP contribution in [0.15, 0.2) is 53.7 Å². The van der Waals surface area contributed by atoms with Gasteiger partial charge in [0, 0.05) is 18.3 Å². The minimum atomic E-state index is -0.215. The molecule has 3 rings (SSSR count). The molecule has 138 valence electrons. The van der Waals surface area contributed by atoms with Crippen LogP contribution < -0.4 is 10.6 Å². The molecule has 2 N–H and O–H groups in total. The molecule has 0 fully saturated rings. The normalized spacial score (nSPS) is 10.4. The van der Waals surface area contributed by atoms with Crippen LogP contribution in [-0.4, -0.2) is 44.8 Å². The third-order valence-electron chi connectivity index (χ3n) is 3.69. The van der Waals surface area contributed by atoms with Gasteiger partial charge in [-0.2, -0.15) is 4.68 Å². The number of thioether (sulfide) groups is 1. The number of nitrogens with zero attached hydrogens (tertiary/aromatic N) is 4. The topological polar surface area (TPSA) is 102 Å². The fraction of sp³-hybridized carbons (Fsp3) is 0.167. The fourth-order valence-electron chi connectivity index (χ4n) is 2.33. The first-order valence-electron chi connectivity index (χ1n) is 8.17. The van der Waals surface area contributed by atoms with E-state index in [1.165, 1.54) is 11.8 Å². The number of anilines is 1. The molecule has 1 heterocycles. The van der Waals surface area contributed by atoms with Gasteiger partial charge in [-0.1, -0.05) is 35.5 Å². The van der Waals surface area contributed by atoms with Crippen LogP contribution in [-0.2, 0) is 4.79 Å². The molecule has 0 aliphatic carbocycles. The molecule has 0 spiro atoms. The van der Waals surface area contributed by atoms with Gasteiger partial charge in [-0.25, -0.2) is 0 Å². The van der Waals surface area contributed by atoms with Crippen molar-refractivity contribution in [2.75, 3.05) is 18.1 Å². The standard InChI is InChI=1S/C18H18N6O2S/c1-12-6-8-15(9-7-12)24-18(21-22-23-24)27-11-16(25)20-14-5-3-4-13(10-14)17(26)19-2/h3-10H,11H2,1-2H3,(H,19,26)(H,20,25). The van der Waals surface area contributed by atoms with Crippen LogP contribution in [0.25, 0.3) is 5.69 Å². The summed E-state index contributed by atoms with van der Waals surface area (Å²) in [6.07, 6.45) is 0. The molecule has 0 saturated carbocycles. The lowest BCUT2D eigenvalue weighted by molar-refractivity contribution is -0.113. The number of carbonyl (C=O) groups excluding carboxylic acids is 2. The van der Waals surface area contributed by atoms with Crippen LogP contribution in [0.3, 0.4) is 0 Å². The lowest BCUT2D eigenvalue weighted by Gasteiger charge is -2.07. The van der Waals surface area contributed by atoms with E-state index in [4.69, 9.17) is 0 Å². The number of nitrogens with one attached hydrogen (secondary N) is 2. The zero-order valence-electron chi connectivity index (χ0n) is 14.8. The minimum Gasteiger partial charge on any atom is -0.355 e. The van der Waals surface area contributed by atoms with E-state index >= 15 is 0 Å². The molecule has 8 nitrogen and oxygen atoms in total. The summed E-state index contributed by atoms with van der Waals surface area (Å²) in [6, 6.07) is 14.5. The van der Waals surface area contributed by atoms with Crippen molar-refractivity contribution in [3.63, 3.8) is 0 Å². The molecule has 0 unspecified atom stereocenters. The number of amides is 2. The largest absolute Gasteiger partial charge is 0.355 e. The van der Waals surface area contributed by atoms with Gasteiger partial charge in [-0.15, -0.1) is 5.10 Å². The molecule has 0 aliphatic heterocycles. The maximum Gasteiger partial charge on any atom is 0.251 e. The van der Waals surface area contributed by atoms with Gasteiger partial charge in [-0.05, 0) is 47.7 Å². The molecule has 2 amide bonds. The van der Waals surface area contributed by atoms with Gasteiger partial charge in [0.2, 0.25) is 11.1 Å². The molecule has 0 bridgehead atoms. The average molecular weight is 382 g/mol. The second-order valence-corrected chi connectivity index (χ2v) is 6.65. The van der Waals surface area contributed by atoms with E-state index in [0.717, 1.165) is 11.3 Å². The van der Waals surface area contributed by atoms with Crippen molar-refractivity contribution in [3.05, 3.63) is 59.7 Å². The summed E-state index contributed by atoms with van der Waals surface area (Å²) in [6.45, 7) is 2.00. The second-order valence-electron chi connectivity index (χ2n) is 5.71. The van der Waals surface area contributed by atoms with Crippen molar-refractivity contribution >= 4 is 29.3 Å². The predicted octanol–water partition coefficient (Wildman–Crippen LogP) is 2.06. The average Bonchev–Trinajstić information content (AvgIpc) is 3.15. The molecular weight excluding hydrogens is 364 g/mol. The van der Waals surface area contributed by atoms with Crippen LogP contribution in [0.2, 0.25) is 0 Å². The molecule has 27 heavy (non-hydrogen) atoms. The molecule has 0 aliphatic rings. The Morgan fingerprint density at radius 3 is 2.67 bits per heavy atom. The van der Waals surface area contributed by atoms with E-state index in [0.29, 0.717) is 16.4 Å². The number of aromatic nitrogens is 4. The summed E-state index contributed by atoms with van der Waals surface area (Å²) >= 11 is 1.23. The van der Waals surface area contributed by atoms with E-state index in [1.54, 1.807) is 36.0 Å². The van der Waals surface area contributed by atoms with Gasteiger partial charge in [0.15, 0.2) is 0 Å². The van der Waals surface area contributed by atoms with Crippen LogP contribution >= 0.6 is 11.8 Å². The molecule has 3 aromatic rings. The number of tetrazole rings is 1. The SMILES string of the molecule is CNC(=O)c1cccc(NC(=O)CSc2nnnn2-c2ccc(C)cc2)c1. The molecule has 1 aromatic heterocycles. The first-order chi connectivity index (χ1) is 13.1. The molecule has 0 atom stereocenters. The number of rotatable bonds is 6. The summed E-state index contributed by atoms with van der Waals surface area (Å²) in [5.74, 6) is -0.290. The molecule has 2 aromatic carbocycles. The third kappa shape index (κ3) is 4.70. The van der Waals surface area contributed by atoms with Crippen molar-refractivity contribution in [3.8, 4) is 5.69 Å². The highest BCUT2D eigenvalue weighted by molar-refractivity contribution is 7.99. The number of aryl methyl sites for hydroxylation is 1. The number of hydrogen-bond donors (Lipinski definition) is 2. The Hall–Kier alpha value is -3.20. The van der Waals surface area contributed by atoms with E-state index in [2.05, 4.69) is 26.2 Å². The van der Waals surface area contributed by atoms with Gasteiger partial charge in [-0.3, -0.25) is 9.59 Å². The zero-order valence-corrected chi connectivity index (χ0v) is 15.7. The van der Waals surface area contributed by atoms with Gasteiger partial charge in [0.1, 0.15) is 0 Å². The van der Waals surface area contributed by atoms with Crippen molar-refractivity contribution in [2.45, 2.75) is 12.1 Å². The Kier molecular flexibility index (Phi) is 5.82. The Morgan fingerprint density at radius 1 is 1.15 bits per heavy atom. The quantitative estimate of drug-likeness (QED) is 0.633. The van der Waals surface area contributed by atoms with Crippen molar-refractivity contribution in [1.82, 2.24) is 25.5 Å². The summed E-state index contributed by atoms with van der Waals surface area (Å²) < 4.78 is 1.59. The number of carbonyl (C=O) groups is 2. The first-order valence-corrected chi connectivity index (χ1v) is 9.15. The molecule has 9 heteroatoms. The van der Waals surface area contributed by atoms with E-state index in [1.807, 2.05) is 31.2 Å². The van der Waals surface area contributed by atoms with E-state index < -0.39 is 0 Å². The highest BCUT2D eigenvalue weighted by atomic mass is 32.2. The van der Waals surface area contributed by atoms with Crippen LogP contribution in [0.1, 0.15) is 15.9 Å². The fourth-order valence-corrected chi connectivity index (χ4v) is 3.02. The zero-order chi connectivity index (χ0) is 19.2. The highest BCUT2D eigenvalue weighted by Crippen LogP contribution is 2.19. The second kappa shape index (κ2) is 8.45. The van der Waals surface area contributed by atoms with Gasteiger partial charge >= 0.3 is 0 Å². The smallest absolute Gasteiger partial charge is 0.251 e. The van der Waals surface area contributed by atoms with Crippen molar-refractivity contribution in [2.24, 2.45) is 0 Å². The van der Waals surface area contributed by atoms with Crippen molar-refractivity contribution in [1.29, 1.82) is 0 Å². The summed E-state index contributed by atoms with van der Waals surface area (Å²) in [4.78, 5) is 23.9. The lowest BCUT2D eigenvalue weighted by Crippen LogP contribution is -2.19. The third-order valence-corrected chi connectivity index (χ3v) is 4.61. The maximum absolute atomic E-state index is 12.2. The summed E-state index contributed by atoms with van der Waals surface area (Å²) in [7, 11) is 1.56. The monoisotopic (exact) mass is 382 g/mol. The highest BCUT2D eigenvalue weighted by Gasteiger charge is 2.12. The molecular formula is C18H18N6O2S. The maximum atomic E-state index is 12.2. The summed E-state index contributed by atoms with van der Waals surface area (Å²) in [5, 5.41) is 17.5. The number of benzene rings is 2. The Bertz CT molecular complexity index is 954. The Labute approximate surface area is 160 Å². The van der Waals surface area contributed by atoms with Crippen molar-refractivity contribution < 1.29 is 9.59 Å². The van der Waals surface area contributed by atoms with Crippen LogP contribution in [0.5, 0.6) is 0 Å². The Morgan fingerprint density at radius 2 is 1.93 bits per heavy atom. The van der Waals surface area contributed by atoms with E-state index in [9.17, 15) is 9.59 Å². The van der Waals surface area contributed by atoms with Crippen LogP contribution in [0.4, 0.5) is 5.69 Å². The van der Waals surface area contributed by atoms with Gasteiger partial charge in [0.25, 0.3) is 5.91 Å². The predicted molar refractivity (Wildman–Crippen MR) is 103 cm³/mol. The molecule has 0 saturated heterocycles. The van der Waals surface area contributed by atoms with Gasteiger partial charge < -0.3 is 10.6 Å². The first kappa shape index (κ1) is 18.6. The lowest BCUT2D eigenvalue weighted by atomic mass is 10.2. The Balaban J connectivity index is 1.63. The van der Waals surface area contributed by atoms with Crippen LogP contribution in [0, 0.1) is 6.92 Å². The minimum absolute atomic E-state index is 0.135. The number of hydrogen-bond acceptors (Lipinski definition) is 6.